The lowest BCUT2D eigenvalue weighted by Crippen LogP contribution is -2.35. The van der Waals surface area contributed by atoms with E-state index in [-0.39, 0.29) is 5.91 Å². The van der Waals surface area contributed by atoms with Crippen molar-refractivity contribution in [3.8, 4) is 0 Å². The van der Waals surface area contributed by atoms with Gasteiger partial charge in [0.2, 0.25) is 0 Å². The minimum absolute atomic E-state index is 0.115. The molecule has 6 heteroatoms. The van der Waals surface area contributed by atoms with Gasteiger partial charge in [0.25, 0.3) is 5.91 Å². The Kier molecular flexibility index (Phi) is 5.27. The molecule has 1 aliphatic rings. The number of anilines is 1. The molecule has 2 aromatic rings. The van der Waals surface area contributed by atoms with Crippen molar-refractivity contribution < 1.29 is 9.53 Å². The number of hydrogen-bond acceptors (Lipinski definition) is 4. The minimum atomic E-state index is -0.115. The van der Waals surface area contributed by atoms with Gasteiger partial charge in [-0.05, 0) is 31.5 Å². The van der Waals surface area contributed by atoms with Crippen molar-refractivity contribution in [3.05, 3.63) is 47.3 Å². The number of aryl methyl sites for hydroxylation is 1. The summed E-state index contributed by atoms with van der Waals surface area (Å²) in [5.41, 5.74) is 3.51. The van der Waals surface area contributed by atoms with Crippen LogP contribution in [-0.4, -0.2) is 46.9 Å². The largest absolute Gasteiger partial charge is 0.379 e. The van der Waals surface area contributed by atoms with E-state index < -0.39 is 0 Å². The average Bonchev–Trinajstić information content (AvgIpc) is 2.97. The van der Waals surface area contributed by atoms with Crippen LogP contribution in [0.2, 0.25) is 0 Å². The number of nitrogens with zero attached hydrogens (tertiary/aromatic N) is 3. The van der Waals surface area contributed by atoms with Gasteiger partial charge < -0.3 is 10.1 Å². The third-order valence-electron chi connectivity index (χ3n) is 4.34. The molecular weight excluding hydrogens is 304 g/mol. The number of benzene rings is 1. The molecule has 1 aliphatic heterocycles. The van der Waals surface area contributed by atoms with E-state index in [1.54, 1.807) is 6.20 Å². The number of carbonyl (C=O) groups is 1. The van der Waals surface area contributed by atoms with Crippen molar-refractivity contribution in [3.63, 3.8) is 0 Å². The number of ether oxygens (including phenoxy) is 1. The molecule has 0 aliphatic carbocycles. The number of morpholine rings is 1. The second kappa shape index (κ2) is 7.59. The van der Waals surface area contributed by atoms with E-state index in [1.807, 2.05) is 36.7 Å². The van der Waals surface area contributed by atoms with Crippen LogP contribution in [0, 0.1) is 6.92 Å². The molecule has 0 bridgehead atoms. The van der Waals surface area contributed by atoms with Crippen molar-refractivity contribution in [2.24, 2.45) is 0 Å². The van der Waals surface area contributed by atoms with Crippen LogP contribution in [0.5, 0.6) is 0 Å². The number of rotatable bonds is 5. The van der Waals surface area contributed by atoms with Gasteiger partial charge in [0.05, 0.1) is 25.0 Å². The Bertz CT molecular complexity index is 705. The lowest BCUT2D eigenvalue weighted by Gasteiger charge is -2.26. The molecule has 1 N–H and O–H groups in total. The average molecular weight is 328 g/mol. The molecule has 1 saturated heterocycles. The highest BCUT2D eigenvalue weighted by Crippen LogP contribution is 2.16. The Morgan fingerprint density at radius 1 is 1.33 bits per heavy atom. The molecule has 2 heterocycles. The van der Waals surface area contributed by atoms with E-state index in [4.69, 9.17) is 4.74 Å². The predicted molar refractivity (Wildman–Crippen MR) is 93.1 cm³/mol. The molecule has 3 rings (SSSR count). The molecule has 1 fully saturated rings. The summed E-state index contributed by atoms with van der Waals surface area (Å²) >= 11 is 0. The topological polar surface area (TPSA) is 59.4 Å². The van der Waals surface area contributed by atoms with Gasteiger partial charge in [0, 0.05) is 37.6 Å². The second-order valence-electron chi connectivity index (χ2n) is 6.00. The van der Waals surface area contributed by atoms with Crippen LogP contribution in [0.4, 0.5) is 5.69 Å². The third-order valence-corrected chi connectivity index (χ3v) is 4.34. The fourth-order valence-electron chi connectivity index (χ4n) is 2.95. The van der Waals surface area contributed by atoms with Gasteiger partial charge in [-0.25, -0.2) is 0 Å². The van der Waals surface area contributed by atoms with Crippen molar-refractivity contribution in [2.75, 3.05) is 31.6 Å². The maximum Gasteiger partial charge on any atom is 0.259 e. The summed E-state index contributed by atoms with van der Waals surface area (Å²) < 4.78 is 7.20. The van der Waals surface area contributed by atoms with Gasteiger partial charge in [-0.2, -0.15) is 5.10 Å². The summed E-state index contributed by atoms with van der Waals surface area (Å²) in [5.74, 6) is -0.115. The first-order valence-corrected chi connectivity index (χ1v) is 8.40. The first-order chi connectivity index (χ1) is 11.7. The summed E-state index contributed by atoms with van der Waals surface area (Å²) in [6.45, 7) is 9.04. The Labute approximate surface area is 142 Å². The van der Waals surface area contributed by atoms with E-state index in [0.717, 1.165) is 50.8 Å². The fourth-order valence-corrected chi connectivity index (χ4v) is 2.95. The molecule has 0 saturated carbocycles. The zero-order chi connectivity index (χ0) is 16.9. The first kappa shape index (κ1) is 16.7. The van der Waals surface area contributed by atoms with Crippen molar-refractivity contribution in [2.45, 2.75) is 26.9 Å². The number of aromatic nitrogens is 2. The molecule has 0 spiro atoms. The zero-order valence-corrected chi connectivity index (χ0v) is 14.3. The van der Waals surface area contributed by atoms with Gasteiger partial charge in [-0.1, -0.05) is 12.1 Å². The molecule has 0 radical (unpaired) electrons. The normalized spacial score (nSPS) is 15.4. The maximum atomic E-state index is 12.5. The van der Waals surface area contributed by atoms with Crippen molar-refractivity contribution in [1.82, 2.24) is 14.7 Å². The monoisotopic (exact) mass is 328 g/mol. The quantitative estimate of drug-likeness (QED) is 0.915. The number of nitrogens with one attached hydrogen (secondary N) is 1. The van der Waals surface area contributed by atoms with Gasteiger partial charge in [0.15, 0.2) is 0 Å². The predicted octanol–water partition coefficient (Wildman–Crippen LogP) is 2.30. The number of amides is 1. The molecule has 1 aromatic carbocycles. The van der Waals surface area contributed by atoms with E-state index in [2.05, 4.69) is 21.4 Å². The fraction of sp³-hybridized carbons (Fsp3) is 0.444. The summed E-state index contributed by atoms with van der Waals surface area (Å²) in [7, 11) is 0. The lowest BCUT2D eigenvalue weighted by atomic mass is 10.1. The summed E-state index contributed by atoms with van der Waals surface area (Å²) in [6, 6.07) is 8.02. The van der Waals surface area contributed by atoms with Crippen LogP contribution in [0.3, 0.4) is 0 Å². The summed E-state index contributed by atoms with van der Waals surface area (Å²) in [4.78, 5) is 14.8. The van der Waals surface area contributed by atoms with Crippen LogP contribution in [0.25, 0.3) is 0 Å². The molecule has 6 nitrogen and oxygen atoms in total. The van der Waals surface area contributed by atoms with E-state index in [9.17, 15) is 4.79 Å². The molecular formula is C18H24N4O2. The lowest BCUT2D eigenvalue weighted by molar-refractivity contribution is 0.0342. The second-order valence-corrected chi connectivity index (χ2v) is 6.00. The number of hydrogen-bond donors (Lipinski definition) is 1. The van der Waals surface area contributed by atoms with Crippen LogP contribution in [0.15, 0.2) is 30.5 Å². The van der Waals surface area contributed by atoms with Crippen LogP contribution < -0.4 is 5.32 Å². The number of carbonyl (C=O) groups excluding carboxylic acids is 1. The maximum absolute atomic E-state index is 12.5. The Morgan fingerprint density at radius 3 is 2.83 bits per heavy atom. The molecule has 0 unspecified atom stereocenters. The first-order valence-electron chi connectivity index (χ1n) is 8.40. The smallest absolute Gasteiger partial charge is 0.259 e. The van der Waals surface area contributed by atoms with E-state index in [1.165, 1.54) is 5.56 Å². The Hall–Kier alpha value is -2.18. The molecule has 24 heavy (non-hydrogen) atoms. The van der Waals surface area contributed by atoms with Crippen molar-refractivity contribution >= 4 is 11.6 Å². The van der Waals surface area contributed by atoms with Gasteiger partial charge >= 0.3 is 0 Å². The van der Waals surface area contributed by atoms with Crippen LogP contribution in [0.1, 0.15) is 28.5 Å². The van der Waals surface area contributed by atoms with Crippen LogP contribution >= 0.6 is 0 Å². The zero-order valence-electron chi connectivity index (χ0n) is 14.3. The Morgan fingerprint density at radius 2 is 2.12 bits per heavy atom. The van der Waals surface area contributed by atoms with Crippen LogP contribution in [-0.2, 0) is 17.8 Å². The standard InChI is InChI=1S/C18H24N4O2/c1-3-22-14(2)17(12-19-22)18(23)20-16-6-4-5-15(11-16)13-21-7-9-24-10-8-21/h4-6,11-12H,3,7-10,13H2,1-2H3,(H,20,23). The summed E-state index contributed by atoms with van der Waals surface area (Å²) in [5, 5.41) is 7.21. The molecule has 1 aromatic heterocycles. The molecule has 128 valence electrons. The van der Waals surface area contributed by atoms with Crippen molar-refractivity contribution in [1.29, 1.82) is 0 Å². The highest BCUT2D eigenvalue weighted by Gasteiger charge is 2.15. The van der Waals surface area contributed by atoms with Gasteiger partial charge in [0.1, 0.15) is 0 Å². The van der Waals surface area contributed by atoms with Gasteiger partial charge in [-0.3, -0.25) is 14.4 Å². The highest BCUT2D eigenvalue weighted by molar-refractivity contribution is 6.04. The highest BCUT2D eigenvalue weighted by atomic mass is 16.5. The molecule has 0 atom stereocenters. The SMILES string of the molecule is CCn1ncc(C(=O)Nc2cccc(CN3CCOCC3)c2)c1C. The third kappa shape index (κ3) is 3.83. The molecule has 1 amide bonds. The van der Waals surface area contributed by atoms with E-state index in [0.29, 0.717) is 5.56 Å². The van der Waals surface area contributed by atoms with E-state index >= 15 is 0 Å². The minimum Gasteiger partial charge on any atom is -0.379 e. The summed E-state index contributed by atoms with van der Waals surface area (Å²) in [6.07, 6.45) is 1.63. The van der Waals surface area contributed by atoms with Gasteiger partial charge in [-0.15, -0.1) is 0 Å². The Balaban J connectivity index is 1.67.